The van der Waals surface area contributed by atoms with E-state index in [1.807, 2.05) is 18.7 Å². The monoisotopic (exact) mass is 402 g/mol. The third-order valence-electron chi connectivity index (χ3n) is 4.82. The largest absolute Gasteiger partial charge is 0.417 e. The molecule has 10 heteroatoms. The van der Waals surface area contributed by atoms with Crippen LogP contribution >= 0.6 is 0 Å². The van der Waals surface area contributed by atoms with E-state index in [-0.39, 0.29) is 12.5 Å². The molecule has 1 aromatic heterocycles. The molecule has 0 unspecified atom stereocenters. The summed E-state index contributed by atoms with van der Waals surface area (Å²) in [6, 6.07) is 1.52. The first-order valence-electron chi connectivity index (χ1n) is 9.21. The van der Waals surface area contributed by atoms with Crippen LogP contribution in [0.2, 0.25) is 0 Å². The van der Waals surface area contributed by atoms with Gasteiger partial charge in [-0.1, -0.05) is 0 Å². The van der Waals surface area contributed by atoms with E-state index in [0.29, 0.717) is 51.5 Å². The molecule has 0 bridgehead atoms. The third-order valence-corrected chi connectivity index (χ3v) is 4.82. The van der Waals surface area contributed by atoms with Crippen molar-refractivity contribution < 1.29 is 22.8 Å². The zero-order valence-electron chi connectivity index (χ0n) is 16.0. The maximum absolute atomic E-state index is 12.8. The predicted octanol–water partition coefficient (Wildman–Crippen LogP) is 0.880. The zero-order valence-corrected chi connectivity index (χ0v) is 16.0. The van der Waals surface area contributed by atoms with Crippen LogP contribution in [-0.2, 0) is 22.3 Å². The van der Waals surface area contributed by atoms with Gasteiger partial charge in [0.25, 0.3) is 5.56 Å². The summed E-state index contributed by atoms with van der Waals surface area (Å²) in [5, 5.41) is 0. The first-order valence-corrected chi connectivity index (χ1v) is 9.21. The van der Waals surface area contributed by atoms with Gasteiger partial charge in [-0.25, -0.2) is 0 Å². The first-order chi connectivity index (χ1) is 13.2. The summed E-state index contributed by atoms with van der Waals surface area (Å²) in [5.74, 6) is -0.392. The summed E-state index contributed by atoms with van der Waals surface area (Å²) < 4.78 is 39.2. The fraction of sp³-hybridized carbons (Fsp3) is 0.611. The molecule has 28 heavy (non-hydrogen) atoms. The number of hydrogen-bond donors (Lipinski definition) is 0. The van der Waals surface area contributed by atoms with Crippen LogP contribution in [0.3, 0.4) is 0 Å². The summed E-state index contributed by atoms with van der Waals surface area (Å²) in [4.78, 5) is 41.5. The normalized spacial score (nSPS) is 15.5. The summed E-state index contributed by atoms with van der Waals surface area (Å²) in [6.07, 6.45) is -3.92. The van der Waals surface area contributed by atoms with Crippen LogP contribution in [-0.4, -0.2) is 76.9 Å². The Balaban J connectivity index is 1.92. The molecular weight excluding hydrogens is 377 g/mol. The van der Waals surface area contributed by atoms with Gasteiger partial charge in [-0.05, 0) is 19.9 Å². The fourth-order valence-corrected chi connectivity index (χ4v) is 3.09. The smallest absolute Gasteiger partial charge is 0.342 e. The molecule has 2 rings (SSSR count). The van der Waals surface area contributed by atoms with Gasteiger partial charge >= 0.3 is 6.18 Å². The maximum atomic E-state index is 12.8. The highest BCUT2D eigenvalue weighted by molar-refractivity contribution is 5.78. The molecule has 1 saturated heterocycles. The number of likely N-dealkylation sites (N-methyl/N-ethyl adjacent to an activating group) is 1. The minimum absolute atomic E-state index is 0.0281. The molecule has 0 atom stereocenters. The van der Waals surface area contributed by atoms with Crippen molar-refractivity contribution in [3.05, 3.63) is 34.2 Å². The van der Waals surface area contributed by atoms with E-state index in [1.54, 1.807) is 4.90 Å². The number of rotatable bonds is 6. The second kappa shape index (κ2) is 9.22. The zero-order chi connectivity index (χ0) is 20.9. The Morgan fingerprint density at radius 1 is 1.04 bits per heavy atom. The van der Waals surface area contributed by atoms with E-state index < -0.39 is 29.8 Å². The van der Waals surface area contributed by atoms with E-state index in [1.165, 1.54) is 4.90 Å². The molecule has 0 aliphatic carbocycles. The van der Waals surface area contributed by atoms with Gasteiger partial charge in [-0.2, -0.15) is 13.2 Å². The molecule has 1 aliphatic heterocycles. The van der Waals surface area contributed by atoms with Crippen LogP contribution in [0.4, 0.5) is 13.2 Å². The second-order valence-electron chi connectivity index (χ2n) is 6.60. The molecule has 1 aliphatic rings. The molecule has 0 saturated carbocycles. The van der Waals surface area contributed by atoms with E-state index in [0.717, 1.165) is 10.6 Å². The lowest BCUT2D eigenvalue weighted by Gasteiger charge is -2.35. The topological polar surface area (TPSA) is 65.9 Å². The highest BCUT2D eigenvalue weighted by atomic mass is 19.4. The van der Waals surface area contributed by atoms with Crippen LogP contribution in [0, 0.1) is 0 Å². The number of alkyl halides is 3. The van der Waals surface area contributed by atoms with Crippen LogP contribution in [0.25, 0.3) is 0 Å². The number of halogens is 3. The number of carbonyl (C=O) groups is 2. The molecule has 0 aromatic carbocycles. The lowest BCUT2D eigenvalue weighted by molar-refractivity contribution is -0.139. The average Bonchev–Trinajstić information content (AvgIpc) is 2.64. The highest BCUT2D eigenvalue weighted by Crippen LogP contribution is 2.28. The van der Waals surface area contributed by atoms with Crippen LogP contribution in [0.1, 0.15) is 19.4 Å². The van der Waals surface area contributed by atoms with Gasteiger partial charge in [0.1, 0.15) is 6.54 Å². The number of piperazine rings is 1. The number of amides is 2. The van der Waals surface area contributed by atoms with Gasteiger partial charge in [-0.15, -0.1) is 0 Å². The Labute approximate surface area is 161 Å². The number of aromatic nitrogens is 1. The molecule has 2 amide bonds. The molecule has 2 heterocycles. The van der Waals surface area contributed by atoms with Crippen LogP contribution < -0.4 is 5.56 Å². The number of carbonyl (C=O) groups excluding carboxylic acids is 2. The second-order valence-corrected chi connectivity index (χ2v) is 6.60. The van der Waals surface area contributed by atoms with Crippen molar-refractivity contribution in [2.75, 3.05) is 45.8 Å². The maximum Gasteiger partial charge on any atom is 0.417 e. The quantitative estimate of drug-likeness (QED) is 0.709. The number of hydrogen-bond acceptors (Lipinski definition) is 4. The first kappa shape index (κ1) is 21.9. The summed E-state index contributed by atoms with van der Waals surface area (Å²) in [6.45, 7) is 6.64. The molecule has 0 radical (unpaired) electrons. The van der Waals surface area contributed by atoms with Gasteiger partial charge in [0.15, 0.2) is 0 Å². The summed E-state index contributed by atoms with van der Waals surface area (Å²) in [5.41, 5.74) is -1.63. The van der Waals surface area contributed by atoms with E-state index >= 15 is 0 Å². The van der Waals surface area contributed by atoms with Crippen molar-refractivity contribution in [3.63, 3.8) is 0 Å². The Morgan fingerprint density at radius 3 is 2.18 bits per heavy atom. The Hall–Kier alpha value is -2.36. The Morgan fingerprint density at radius 2 is 1.64 bits per heavy atom. The fourth-order valence-electron chi connectivity index (χ4n) is 3.09. The van der Waals surface area contributed by atoms with E-state index in [4.69, 9.17) is 0 Å². The van der Waals surface area contributed by atoms with Gasteiger partial charge < -0.3 is 14.4 Å². The van der Waals surface area contributed by atoms with Crippen molar-refractivity contribution in [2.45, 2.75) is 26.6 Å². The lowest BCUT2D eigenvalue weighted by atomic mass is 10.2. The highest BCUT2D eigenvalue weighted by Gasteiger charge is 2.31. The third kappa shape index (κ3) is 5.57. The van der Waals surface area contributed by atoms with Crippen molar-refractivity contribution in [3.8, 4) is 0 Å². The molecule has 1 aromatic rings. The molecule has 1 fully saturated rings. The standard InChI is InChI=1S/C18H25F3N4O3/c1-3-23(4-2)16(27)12-22-7-9-24(10-8-22)17(28)13-25-11-14(18(19,20)21)5-6-15(25)26/h5-6,11H,3-4,7-10,12-13H2,1-2H3. The summed E-state index contributed by atoms with van der Waals surface area (Å²) >= 11 is 0. The van der Waals surface area contributed by atoms with E-state index in [9.17, 15) is 27.6 Å². The summed E-state index contributed by atoms with van der Waals surface area (Å²) in [7, 11) is 0. The van der Waals surface area contributed by atoms with Gasteiger partial charge in [0.2, 0.25) is 11.8 Å². The number of pyridine rings is 1. The predicted molar refractivity (Wildman–Crippen MR) is 96.7 cm³/mol. The molecule has 0 N–H and O–H groups in total. The average molecular weight is 402 g/mol. The van der Waals surface area contributed by atoms with Crippen molar-refractivity contribution in [2.24, 2.45) is 0 Å². The number of nitrogens with zero attached hydrogens (tertiary/aromatic N) is 4. The van der Waals surface area contributed by atoms with Gasteiger partial charge in [-0.3, -0.25) is 19.3 Å². The van der Waals surface area contributed by atoms with Crippen LogP contribution in [0.15, 0.2) is 23.1 Å². The molecular formula is C18H25F3N4O3. The molecule has 0 spiro atoms. The minimum Gasteiger partial charge on any atom is -0.342 e. The Kier molecular flexibility index (Phi) is 7.22. The molecule has 156 valence electrons. The van der Waals surface area contributed by atoms with Crippen molar-refractivity contribution in [1.82, 2.24) is 19.3 Å². The van der Waals surface area contributed by atoms with Gasteiger partial charge in [0, 0.05) is 51.5 Å². The SMILES string of the molecule is CCN(CC)C(=O)CN1CCN(C(=O)Cn2cc(C(F)(F)F)ccc2=O)CC1. The Bertz CT molecular complexity index is 751. The molecule has 7 nitrogen and oxygen atoms in total. The van der Waals surface area contributed by atoms with Crippen molar-refractivity contribution in [1.29, 1.82) is 0 Å². The van der Waals surface area contributed by atoms with Crippen LogP contribution in [0.5, 0.6) is 0 Å². The van der Waals surface area contributed by atoms with E-state index in [2.05, 4.69) is 0 Å². The van der Waals surface area contributed by atoms with Crippen molar-refractivity contribution >= 4 is 11.8 Å². The lowest BCUT2D eigenvalue weighted by Crippen LogP contribution is -2.52. The minimum atomic E-state index is -4.58. The van der Waals surface area contributed by atoms with Gasteiger partial charge in [0.05, 0.1) is 12.1 Å².